The van der Waals surface area contributed by atoms with Crippen molar-refractivity contribution in [1.82, 2.24) is 4.90 Å². The first-order valence-electron chi connectivity index (χ1n) is 13.7. The molecule has 0 spiro atoms. The lowest BCUT2D eigenvalue weighted by molar-refractivity contribution is -0.254. The maximum absolute atomic E-state index is 13.2. The summed E-state index contributed by atoms with van der Waals surface area (Å²) < 4.78 is 17.8. The van der Waals surface area contributed by atoms with Gasteiger partial charge in [0.05, 0.1) is 43.0 Å². The Hall–Kier alpha value is -4.52. The van der Waals surface area contributed by atoms with Crippen molar-refractivity contribution in [3.05, 3.63) is 103 Å². The number of carbonyl (C=O) groups is 1. The second-order valence-electron chi connectivity index (χ2n) is 10.2. The fourth-order valence-electron chi connectivity index (χ4n) is 5.20. The van der Waals surface area contributed by atoms with Crippen molar-refractivity contribution in [1.29, 1.82) is 0 Å². The molecule has 2 aromatic carbocycles. The molecule has 8 atom stereocenters. The first kappa shape index (κ1) is 31.4. The molecule has 16 heteroatoms. The van der Waals surface area contributed by atoms with Crippen LogP contribution in [0.25, 0.3) is 31.3 Å². The van der Waals surface area contributed by atoms with Gasteiger partial charge in [0.2, 0.25) is 0 Å². The molecule has 2 N–H and O–H groups in total. The summed E-state index contributed by atoms with van der Waals surface area (Å²) in [6, 6.07) is 15.8. The second-order valence-corrected chi connectivity index (χ2v) is 10.2. The SMILES string of the molecule is [N-]=[N+]=NC1CC[C@@H](CN(Cc2ccccc2)C(=O)OCc2ccccc2)O[C@@H]1O[C@@H]1C(N=[N+]=[N-])CC(N=[N+]=[N-])[C@H](O)[C@H]1O. The quantitative estimate of drug-likeness (QED) is 0.209. The van der Waals surface area contributed by atoms with E-state index in [1.165, 1.54) is 4.90 Å². The highest BCUT2D eigenvalue weighted by Gasteiger charge is 2.46. The van der Waals surface area contributed by atoms with E-state index in [0.29, 0.717) is 12.8 Å². The smallest absolute Gasteiger partial charge is 0.410 e. The summed E-state index contributed by atoms with van der Waals surface area (Å²) in [4.78, 5) is 23.1. The summed E-state index contributed by atoms with van der Waals surface area (Å²) in [5.41, 5.74) is 28.7. The minimum atomic E-state index is -1.60. The molecule has 2 aromatic rings. The standard InChI is InChI=1S/C27H32N10O6/c28-34-31-20-12-11-19(42-26(20)43-25-22(33-36-30)13-21(32-35-29)23(38)24(25)39)15-37(14-17-7-3-1-4-8-17)27(40)41-16-18-9-5-2-6-10-18/h1-10,19-26,38-39H,11-16H2/t19-,20?,21?,22?,23-,24+,25+,26+/m0/s1. The molecule has 2 aliphatic rings. The van der Waals surface area contributed by atoms with E-state index in [2.05, 4.69) is 30.1 Å². The van der Waals surface area contributed by atoms with Crippen LogP contribution in [0.2, 0.25) is 0 Å². The van der Waals surface area contributed by atoms with Gasteiger partial charge in [0, 0.05) is 21.3 Å². The minimum Gasteiger partial charge on any atom is -0.445 e. The Morgan fingerprint density at radius 1 is 0.860 bits per heavy atom. The van der Waals surface area contributed by atoms with Crippen molar-refractivity contribution < 1.29 is 29.2 Å². The van der Waals surface area contributed by atoms with Gasteiger partial charge in [-0.05, 0) is 47.0 Å². The van der Waals surface area contributed by atoms with Crippen molar-refractivity contribution in [2.24, 2.45) is 15.3 Å². The Kier molecular flexibility index (Phi) is 11.4. The number of benzene rings is 2. The Balaban J connectivity index is 1.50. The van der Waals surface area contributed by atoms with Gasteiger partial charge in [-0.3, -0.25) is 0 Å². The number of nitrogens with zero attached hydrogens (tertiary/aromatic N) is 10. The average molecular weight is 593 g/mol. The van der Waals surface area contributed by atoms with Crippen LogP contribution in [0, 0.1) is 0 Å². The number of amides is 1. The van der Waals surface area contributed by atoms with Crippen LogP contribution in [0.1, 0.15) is 30.4 Å². The summed E-state index contributed by atoms with van der Waals surface area (Å²) >= 11 is 0. The van der Waals surface area contributed by atoms with Crippen LogP contribution in [-0.2, 0) is 27.4 Å². The van der Waals surface area contributed by atoms with Gasteiger partial charge in [-0.2, -0.15) is 0 Å². The Labute approximate surface area is 246 Å². The lowest BCUT2D eigenvalue weighted by Gasteiger charge is -2.43. The molecule has 0 bridgehead atoms. The molecule has 16 nitrogen and oxygen atoms in total. The van der Waals surface area contributed by atoms with E-state index in [1.807, 2.05) is 60.7 Å². The number of hydrogen-bond donors (Lipinski definition) is 2. The van der Waals surface area contributed by atoms with E-state index in [1.54, 1.807) is 0 Å². The highest BCUT2D eigenvalue weighted by atomic mass is 16.7. The molecular formula is C27H32N10O6. The van der Waals surface area contributed by atoms with Crippen molar-refractivity contribution >= 4 is 6.09 Å². The lowest BCUT2D eigenvalue weighted by Crippen LogP contribution is -2.58. The van der Waals surface area contributed by atoms with Crippen LogP contribution in [0.4, 0.5) is 4.79 Å². The van der Waals surface area contributed by atoms with Gasteiger partial charge in [-0.15, -0.1) is 0 Å². The fourth-order valence-corrected chi connectivity index (χ4v) is 5.20. The molecular weight excluding hydrogens is 560 g/mol. The van der Waals surface area contributed by atoms with E-state index < -0.39 is 54.9 Å². The lowest BCUT2D eigenvalue weighted by atomic mass is 9.84. The zero-order valence-corrected chi connectivity index (χ0v) is 23.1. The molecule has 2 fully saturated rings. The zero-order chi connectivity index (χ0) is 30.6. The van der Waals surface area contributed by atoms with E-state index in [0.717, 1.165) is 11.1 Å². The van der Waals surface area contributed by atoms with Crippen molar-refractivity contribution in [3.63, 3.8) is 0 Å². The number of ether oxygens (including phenoxy) is 3. The van der Waals surface area contributed by atoms with Crippen molar-refractivity contribution in [2.45, 2.75) is 81.2 Å². The van der Waals surface area contributed by atoms with E-state index in [9.17, 15) is 15.0 Å². The number of aliphatic hydroxyl groups excluding tert-OH is 2. The van der Waals surface area contributed by atoms with E-state index in [-0.39, 0.29) is 26.1 Å². The number of aliphatic hydroxyl groups is 2. The predicted octanol–water partition coefficient (Wildman–Crippen LogP) is 4.88. The number of hydrogen-bond acceptors (Lipinski definition) is 9. The molecule has 1 saturated carbocycles. The maximum atomic E-state index is 13.2. The topological polar surface area (TPSA) is 235 Å². The van der Waals surface area contributed by atoms with Gasteiger partial charge in [-0.1, -0.05) is 76.0 Å². The van der Waals surface area contributed by atoms with Crippen LogP contribution in [0.5, 0.6) is 0 Å². The van der Waals surface area contributed by atoms with Gasteiger partial charge >= 0.3 is 6.09 Å². The van der Waals surface area contributed by atoms with Gasteiger partial charge in [0.25, 0.3) is 0 Å². The van der Waals surface area contributed by atoms with Gasteiger partial charge in [-0.25, -0.2) is 4.79 Å². The third-order valence-electron chi connectivity index (χ3n) is 7.36. The molecule has 43 heavy (non-hydrogen) atoms. The molecule has 1 aliphatic heterocycles. The minimum absolute atomic E-state index is 0.0840. The van der Waals surface area contributed by atoms with Crippen LogP contribution >= 0.6 is 0 Å². The summed E-state index contributed by atoms with van der Waals surface area (Å²) in [5, 5.41) is 32.3. The van der Waals surface area contributed by atoms with E-state index >= 15 is 0 Å². The van der Waals surface area contributed by atoms with Crippen molar-refractivity contribution in [3.8, 4) is 0 Å². The molecule has 1 amide bonds. The Bertz CT molecular complexity index is 1350. The second kappa shape index (κ2) is 15.6. The average Bonchev–Trinajstić information content (AvgIpc) is 3.02. The monoisotopic (exact) mass is 592 g/mol. The highest BCUT2D eigenvalue weighted by molar-refractivity contribution is 5.67. The summed E-state index contributed by atoms with van der Waals surface area (Å²) in [6.45, 7) is 0.438. The molecule has 226 valence electrons. The normalized spacial score (nSPS) is 28.3. The number of azide groups is 3. The fraction of sp³-hybridized carbons (Fsp3) is 0.519. The summed E-state index contributed by atoms with van der Waals surface area (Å²) in [7, 11) is 0. The number of carbonyl (C=O) groups excluding carboxylic acids is 1. The number of rotatable bonds is 11. The first-order chi connectivity index (χ1) is 20.9. The Morgan fingerprint density at radius 2 is 1.47 bits per heavy atom. The largest absolute Gasteiger partial charge is 0.445 e. The van der Waals surface area contributed by atoms with Crippen LogP contribution in [0.3, 0.4) is 0 Å². The molecule has 0 aromatic heterocycles. The zero-order valence-electron chi connectivity index (χ0n) is 23.1. The van der Waals surface area contributed by atoms with Gasteiger partial charge in [0.15, 0.2) is 6.29 Å². The Morgan fingerprint density at radius 3 is 2.12 bits per heavy atom. The van der Waals surface area contributed by atoms with Crippen LogP contribution < -0.4 is 0 Å². The molecule has 4 rings (SSSR count). The highest BCUT2D eigenvalue weighted by Crippen LogP contribution is 2.32. The molecule has 1 aliphatic carbocycles. The van der Waals surface area contributed by atoms with Crippen molar-refractivity contribution in [2.75, 3.05) is 6.54 Å². The van der Waals surface area contributed by atoms with Gasteiger partial charge < -0.3 is 29.3 Å². The first-order valence-corrected chi connectivity index (χ1v) is 13.7. The molecule has 1 saturated heterocycles. The van der Waals surface area contributed by atoms with Crippen LogP contribution in [-0.4, -0.2) is 76.6 Å². The maximum Gasteiger partial charge on any atom is 0.410 e. The summed E-state index contributed by atoms with van der Waals surface area (Å²) in [5.74, 6) is 0. The predicted molar refractivity (Wildman–Crippen MR) is 152 cm³/mol. The van der Waals surface area contributed by atoms with Crippen LogP contribution in [0.15, 0.2) is 76.0 Å². The molecule has 3 unspecified atom stereocenters. The molecule has 1 heterocycles. The summed E-state index contributed by atoms with van der Waals surface area (Å²) in [6.07, 6.45) is -6.03. The molecule has 0 radical (unpaired) electrons. The third-order valence-corrected chi connectivity index (χ3v) is 7.36. The van der Waals surface area contributed by atoms with E-state index in [4.69, 9.17) is 30.8 Å². The third kappa shape index (κ3) is 8.51. The van der Waals surface area contributed by atoms with Gasteiger partial charge in [0.1, 0.15) is 12.7 Å².